The van der Waals surface area contributed by atoms with Crippen LogP contribution in [0.1, 0.15) is 46.6 Å². The van der Waals surface area contributed by atoms with Crippen molar-refractivity contribution in [2.45, 2.75) is 51.6 Å². The van der Waals surface area contributed by atoms with E-state index in [0.717, 1.165) is 12.2 Å². The molecule has 0 aromatic heterocycles. The fourth-order valence-electron chi connectivity index (χ4n) is 4.27. The highest BCUT2D eigenvalue weighted by Gasteiger charge is 2.40. The van der Waals surface area contributed by atoms with E-state index in [9.17, 15) is 0 Å². The molecule has 0 fully saturated rings. The fraction of sp³-hybridized carbons (Fsp3) is 0.407. The molecule has 3 heteroatoms. The smallest absolute Gasteiger partial charge is 0.188 e. The lowest BCUT2D eigenvalue weighted by atomic mass is 9.86. The highest BCUT2D eigenvalue weighted by atomic mass is 31.1. The zero-order valence-electron chi connectivity index (χ0n) is 19.2. The van der Waals surface area contributed by atoms with Crippen LogP contribution < -0.4 is 15.3 Å². The Bertz CT molecular complexity index is 879. The minimum absolute atomic E-state index is 0.0213. The van der Waals surface area contributed by atoms with E-state index in [-0.39, 0.29) is 17.4 Å². The predicted molar refractivity (Wildman–Crippen MR) is 131 cm³/mol. The molecule has 0 saturated carbocycles. The molecule has 2 aromatic rings. The second-order valence-corrected chi connectivity index (χ2v) is 11.9. The van der Waals surface area contributed by atoms with E-state index in [0.29, 0.717) is 5.92 Å². The molecular weight excluding hydrogens is 387 g/mol. The number of hydrogen-bond acceptors (Lipinski definition) is 2. The van der Waals surface area contributed by atoms with E-state index in [2.05, 4.69) is 107 Å². The van der Waals surface area contributed by atoms with Crippen molar-refractivity contribution in [2.24, 2.45) is 5.92 Å². The summed E-state index contributed by atoms with van der Waals surface area (Å²) in [6, 6.07) is 17.6. The number of methoxy groups -OCH3 is 1. The molecule has 1 aliphatic carbocycles. The van der Waals surface area contributed by atoms with Crippen molar-refractivity contribution in [3.63, 3.8) is 0 Å². The van der Waals surface area contributed by atoms with Crippen LogP contribution in [0.2, 0.25) is 0 Å². The molecule has 1 atom stereocenters. The largest absolute Gasteiger partial charge is 0.467 e. The molecule has 2 nitrogen and oxygen atoms in total. The monoisotopic (exact) mass is 422 g/mol. The fourth-order valence-corrected chi connectivity index (χ4v) is 7.59. The van der Waals surface area contributed by atoms with Crippen LogP contribution >= 0.6 is 7.92 Å². The average molecular weight is 423 g/mol. The maximum absolute atomic E-state index is 6.30. The standard InChI is InChI=1S/C27H35O2P/c1-21(2)19-27(17-10-11-18-27)30(22-13-8-7-9-14-22)24-16-12-15-23(26(3,4)5)25(24)29-20-28-6/h7-18,21H,19-20H2,1-6H3. The van der Waals surface area contributed by atoms with Gasteiger partial charge in [0.25, 0.3) is 0 Å². The van der Waals surface area contributed by atoms with Crippen molar-refractivity contribution < 1.29 is 9.47 Å². The topological polar surface area (TPSA) is 18.5 Å². The third kappa shape index (κ3) is 4.88. The molecule has 1 unspecified atom stereocenters. The van der Waals surface area contributed by atoms with Crippen molar-refractivity contribution >= 4 is 18.5 Å². The lowest BCUT2D eigenvalue weighted by Gasteiger charge is -2.39. The summed E-state index contributed by atoms with van der Waals surface area (Å²) in [6.45, 7) is 11.6. The summed E-state index contributed by atoms with van der Waals surface area (Å²) < 4.78 is 11.6. The van der Waals surface area contributed by atoms with E-state index >= 15 is 0 Å². The van der Waals surface area contributed by atoms with Gasteiger partial charge in [0.2, 0.25) is 0 Å². The van der Waals surface area contributed by atoms with Gasteiger partial charge in [-0.1, -0.05) is 107 Å². The van der Waals surface area contributed by atoms with Crippen LogP contribution in [0.3, 0.4) is 0 Å². The number of benzene rings is 2. The summed E-state index contributed by atoms with van der Waals surface area (Å²) in [6.07, 6.45) is 10.4. The van der Waals surface area contributed by atoms with Crippen molar-refractivity contribution in [1.29, 1.82) is 0 Å². The van der Waals surface area contributed by atoms with E-state index in [1.54, 1.807) is 7.11 Å². The summed E-state index contributed by atoms with van der Waals surface area (Å²) in [7, 11) is 0.959. The van der Waals surface area contributed by atoms with Gasteiger partial charge in [-0.3, -0.25) is 0 Å². The predicted octanol–water partition coefficient (Wildman–Crippen LogP) is 6.31. The van der Waals surface area contributed by atoms with Crippen LogP contribution in [0, 0.1) is 5.92 Å². The lowest BCUT2D eigenvalue weighted by Crippen LogP contribution is -2.33. The van der Waals surface area contributed by atoms with Gasteiger partial charge in [0.15, 0.2) is 6.79 Å². The Labute approximate surface area is 183 Å². The van der Waals surface area contributed by atoms with Crippen molar-refractivity contribution in [3.05, 3.63) is 78.4 Å². The Balaban J connectivity index is 2.27. The van der Waals surface area contributed by atoms with E-state index in [1.807, 2.05) is 0 Å². The Morgan fingerprint density at radius 2 is 1.60 bits per heavy atom. The first kappa shape index (κ1) is 22.8. The van der Waals surface area contributed by atoms with Gasteiger partial charge in [-0.2, -0.15) is 0 Å². The Morgan fingerprint density at radius 3 is 2.17 bits per heavy atom. The zero-order valence-corrected chi connectivity index (χ0v) is 20.1. The maximum atomic E-state index is 6.30. The van der Waals surface area contributed by atoms with Crippen molar-refractivity contribution in [1.82, 2.24) is 0 Å². The van der Waals surface area contributed by atoms with E-state index in [1.165, 1.54) is 16.2 Å². The van der Waals surface area contributed by atoms with Crippen LogP contribution in [0.4, 0.5) is 0 Å². The molecule has 0 amide bonds. The van der Waals surface area contributed by atoms with Gasteiger partial charge in [-0.05, 0) is 31.0 Å². The first-order valence-corrected chi connectivity index (χ1v) is 12.1. The van der Waals surface area contributed by atoms with Gasteiger partial charge < -0.3 is 9.47 Å². The van der Waals surface area contributed by atoms with Crippen LogP contribution in [0.15, 0.2) is 72.8 Å². The SMILES string of the molecule is COCOc1c(P(c2ccccc2)C2(CC(C)C)C=CC=C2)cccc1C(C)(C)C. The highest BCUT2D eigenvalue weighted by molar-refractivity contribution is 7.75. The molecule has 0 N–H and O–H groups in total. The zero-order chi connectivity index (χ0) is 21.8. The second kappa shape index (κ2) is 9.50. The summed E-state index contributed by atoms with van der Waals surface area (Å²) >= 11 is 0. The van der Waals surface area contributed by atoms with Crippen LogP contribution in [-0.4, -0.2) is 19.1 Å². The summed E-state index contributed by atoms with van der Waals surface area (Å²) in [5, 5.41) is 2.64. The normalized spacial score (nSPS) is 16.2. The first-order chi connectivity index (χ1) is 14.3. The number of hydrogen-bond donors (Lipinski definition) is 0. The Morgan fingerprint density at radius 1 is 0.933 bits per heavy atom. The van der Waals surface area contributed by atoms with Crippen LogP contribution in [-0.2, 0) is 10.2 Å². The number of ether oxygens (including phenoxy) is 2. The van der Waals surface area contributed by atoms with Gasteiger partial charge >= 0.3 is 0 Å². The minimum Gasteiger partial charge on any atom is -0.467 e. The molecule has 3 rings (SSSR count). The van der Waals surface area contributed by atoms with E-state index in [4.69, 9.17) is 9.47 Å². The average Bonchev–Trinajstić information content (AvgIpc) is 3.15. The maximum Gasteiger partial charge on any atom is 0.188 e. The quantitative estimate of drug-likeness (QED) is 0.367. The molecule has 2 aromatic carbocycles. The molecule has 0 bridgehead atoms. The van der Waals surface area contributed by atoms with Gasteiger partial charge in [0.05, 0.1) is 0 Å². The van der Waals surface area contributed by atoms with Gasteiger partial charge in [-0.25, -0.2) is 0 Å². The van der Waals surface area contributed by atoms with Crippen LogP contribution in [0.25, 0.3) is 0 Å². The Kier molecular flexibility index (Phi) is 7.22. The molecule has 0 saturated heterocycles. The summed E-state index contributed by atoms with van der Waals surface area (Å²) in [5.41, 5.74) is 1.20. The van der Waals surface area contributed by atoms with Crippen molar-refractivity contribution in [2.75, 3.05) is 13.9 Å². The number of para-hydroxylation sites is 1. The second-order valence-electron chi connectivity index (χ2n) is 9.43. The Hall–Kier alpha value is -1.89. The molecule has 0 spiro atoms. The number of rotatable bonds is 8. The van der Waals surface area contributed by atoms with Crippen molar-refractivity contribution in [3.8, 4) is 5.75 Å². The summed E-state index contributed by atoms with van der Waals surface area (Å²) in [5.74, 6) is 1.57. The van der Waals surface area contributed by atoms with Gasteiger partial charge in [0, 0.05) is 23.1 Å². The molecule has 0 heterocycles. The summed E-state index contributed by atoms with van der Waals surface area (Å²) in [4.78, 5) is 0. The van der Waals surface area contributed by atoms with Gasteiger partial charge in [0.1, 0.15) is 5.75 Å². The molecule has 0 radical (unpaired) electrons. The minimum atomic E-state index is -0.724. The third-order valence-electron chi connectivity index (χ3n) is 5.41. The molecule has 0 aliphatic heterocycles. The third-order valence-corrected chi connectivity index (χ3v) is 8.37. The van der Waals surface area contributed by atoms with E-state index < -0.39 is 7.92 Å². The van der Waals surface area contributed by atoms with Gasteiger partial charge in [-0.15, -0.1) is 0 Å². The molecule has 1 aliphatic rings. The van der Waals surface area contributed by atoms with Crippen LogP contribution in [0.5, 0.6) is 5.75 Å². The first-order valence-electron chi connectivity index (χ1n) is 10.8. The highest BCUT2D eigenvalue weighted by Crippen LogP contribution is 2.56. The molecular formula is C27H35O2P. The lowest BCUT2D eigenvalue weighted by molar-refractivity contribution is 0.0506. The molecule has 160 valence electrons. The molecule has 30 heavy (non-hydrogen) atoms. The number of allylic oxidation sites excluding steroid dienone is 4.